The summed E-state index contributed by atoms with van der Waals surface area (Å²) in [6.45, 7) is 5.02. The summed E-state index contributed by atoms with van der Waals surface area (Å²) < 4.78 is 5.11. The summed E-state index contributed by atoms with van der Waals surface area (Å²) in [5.74, 6) is 0. The first-order valence-electron chi connectivity index (χ1n) is 4.35. The number of hydrogen-bond donors (Lipinski definition) is 0. The van der Waals surface area contributed by atoms with Crippen LogP contribution in [0.4, 0.5) is 0 Å². The molecule has 0 aliphatic rings. The van der Waals surface area contributed by atoms with Gasteiger partial charge in [-0.05, 0) is 24.5 Å². The molecule has 0 heterocycles. The molecule has 0 aliphatic carbocycles. The quantitative estimate of drug-likeness (QED) is 0.667. The van der Waals surface area contributed by atoms with Crippen molar-refractivity contribution in [2.75, 3.05) is 7.11 Å². The largest absolute Gasteiger partial charge is 0.380 e. The average molecular weight is 164 g/mol. The van der Waals surface area contributed by atoms with Gasteiger partial charge in [-0.1, -0.05) is 30.7 Å². The Balaban J connectivity index is 2.94. The summed E-state index contributed by atoms with van der Waals surface area (Å²) in [5, 5.41) is 0. The van der Waals surface area contributed by atoms with Gasteiger partial charge in [0.25, 0.3) is 0 Å². The van der Waals surface area contributed by atoms with Gasteiger partial charge in [0.15, 0.2) is 0 Å². The van der Waals surface area contributed by atoms with Crippen LogP contribution in [0.15, 0.2) is 18.2 Å². The van der Waals surface area contributed by atoms with Gasteiger partial charge in [-0.2, -0.15) is 0 Å². The third-order valence-corrected chi connectivity index (χ3v) is 2.04. The Labute approximate surface area is 74.4 Å². The van der Waals surface area contributed by atoms with Crippen molar-refractivity contribution in [3.63, 3.8) is 0 Å². The zero-order chi connectivity index (χ0) is 8.97. The van der Waals surface area contributed by atoms with Crippen LogP contribution in [0, 0.1) is 6.92 Å². The number of rotatable bonds is 3. The molecule has 0 aliphatic heterocycles. The smallest absolute Gasteiger partial charge is 0.0715 e. The molecule has 0 saturated heterocycles. The van der Waals surface area contributed by atoms with Crippen LogP contribution in [0.5, 0.6) is 0 Å². The Bertz CT molecular complexity index is 253. The molecule has 0 N–H and O–H groups in total. The van der Waals surface area contributed by atoms with Gasteiger partial charge >= 0.3 is 0 Å². The normalized spacial score (nSPS) is 10.2. The van der Waals surface area contributed by atoms with Crippen LogP contribution in [-0.2, 0) is 17.8 Å². The molecule has 0 spiro atoms. The van der Waals surface area contributed by atoms with Crippen LogP contribution in [0.2, 0.25) is 0 Å². The summed E-state index contributed by atoms with van der Waals surface area (Å²) in [6, 6.07) is 6.51. The maximum absolute atomic E-state index is 5.11. The van der Waals surface area contributed by atoms with Crippen LogP contribution in [0.25, 0.3) is 0 Å². The minimum Gasteiger partial charge on any atom is -0.380 e. The van der Waals surface area contributed by atoms with Crippen LogP contribution in [0.1, 0.15) is 23.6 Å². The van der Waals surface area contributed by atoms with E-state index >= 15 is 0 Å². The fourth-order valence-corrected chi connectivity index (χ4v) is 1.38. The number of ether oxygens (including phenoxy) is 1. The lowest BCUT2D eigenvalue weighted by Crippen LogP contribution is -1.94. The molecule has 1 nitrogen and oxygen atoms in total. The fraction of sp³-hybridized carbons (Fsp3) is 0.455. The number of aryl methyl sites for hydroxylation is 2. The number of benzene rings is 1. The molecule has 0 amide bonds. The van der Waals surface area contributed by atoms with Gasteiger partial charge in [-0.15, -0.1) is 0 Å². The second-order valence-corrected chi connectivity index (χ2v) is 3.06. The molecule has 1 aromatic carbocycles. The summed E-state index contributed by atoms with van der Waals surface area (Å²) in [4.78, 5) is 0. The molecule has 1 rings (SSSR count). The van der Waals surface area contributed by atoms with Gasteiger partial charge in [0.1, 0.15) is 0 Å². The van der Waals surface area contributed by atoms with E-state index in [1.165, 1.54) is 16.7 Å². The first kappa shape index (κ1) is 9.27. The summed E-state index contributed by atoms with van der Waals surface area (Å²) in [7, 11) is 1.74. The Kier molecular flexibility index (Phi) is 3.30. The predicted octanol–water partition coefficient (Wildman–Crippen LogP) is 2.70. The van der Waals surface area contributed by atoms with Crippen molar-refractivity contribution in [2.24, 2.45) is 0 Å². The first-order valence-corrected chi connectivity index (χ1v) is 4.35. The molecular formula is C11H16O. The van der Waals surface area contributed by atoms with Crippen molar-refractivity contribution in [3.05, 3.63) is 34.9 Å². The zero-order valence-corrected chi connectivity index (χ0v) is 8.05. The Morgan fingerprint density at radius 1 is 1.25 bits per heavy atom. The maximum atomic E-state index is 5.11. The van der Waals surface area contributed by atoms with Gasteiger partial charge in [0.05, 0.1) is 6.61 Å². The molecule has 0 aromatic heterocycles. The molecule has 0 bridgehead atoms. The van der Waals surface area contributed by atoms with E-state index in [1.807, 2.05) is 0 Å². The first-order chi connectivity index (χ1) is 5.77. The molecule has 1 aromatic rings. The van der Waals surface area contributed by atoms with Crippen LogP contribution < -0.4 is 0 Å². The van der Waals surface area contributed by atoms with E-state index in [0.717, 1.165) is 13.0 Å². The highest BCUT2D eigenvalue weighted by Crippen LogP contribution is 2.13. The van der Waals surface area contributed by atoms with Gasteiger partial charge in [0, 0.05) is 7.11 Å². The van der Waals surface area contributed by atoms with Gasteiger partial charge < -0.3 is 4.74 Å². The molecule has 0 unspecified atom stereocenters. The van der Waals surface area contributed by atoms with Crippen molar-refractivity contribution in [1.82, 2.24) is 0 Å². The van der Waals surface area contributed by atoms with E-state index in [9.17, 15) is 0 Å². The van der Waals surface area contributed by atoms with E-state index in [1.54, 1.807) is 7.11 Å². The van der Waals surface area contributed by atoms with E-state index in [2.05, 4.69) is 32.0 Å². The third kappa shape index (κ3) is 2.08. The van der Waals surface area contributed by atoms with Gasteiger partial charge in [-0.25, -0.2) is 0 Å². The van der Waals surface area contributed by atoms with Crippen molar-refractivity contribution in [3.8, 4) is 0 Å². The van der Waals surface area contributed by atoms with Crippen LogP contribution in [-0.4, -0.2) is 7.11 Å². The predicted molar refractivity (Wildman–Crippen MR) is 51.3 cm³/mol. The third-order valence-electron chi connectivity index (χ3n) is 2.04. The number of methoxy groups -OCH3 is 1. The van der Waals surface area contributed by atoms with E-state index < -0.39 is 0 Å². The highest BCUT2D eigenvalue weighted by Gasteiger charge is 1.99. The van der Waals surface area contributed by atoms with Crippen molar-refractivity contribution >= 4 is 0 Å². The van der Waals surface area contributed by atoms with Crippen molar-refractivity contribution < 1.29 is 4.74 Å². The molecule has 0 saturated carbocycles. The summed E-state index contributed by atoms with van der Waals surface area (Å²) in [6.07, 6.45) is 1.08. The molecule has 66 valence electrons. The lowest BCUT2D eigenvalue weighted by molar-refractivity contribution is 0.184. The SMILES string of the molecule is CCc1cc(C)ccc1COC. The van der Waals surface area contributed by atoms with Crippen LogP contribution in [0.3, 0.4) is 0 Å². The number of hydrogen-bond acceptors (Lipinski definition) is 1. The average Bonchev–Trinajstić information content (AvgIpc) is 2.08. The summed E-state index contributed by atoms with van der Waals surface area (Å²) in [5.41, 5.74) is 4.04. The molecule has 0 fully saturated rings. The Hall–Kier alpha value is -0.820. The topological polar surface area (TPSA) is 9.23 Å². The van der Waals surface area contributed by atoms with Gasteiger partial charge in [0.2, 0.25) is 0 Å². The standard InChI is InChI=1S/C11H16O/c1-4-10-7-9(2)5-6-11(10)8-12-3/h5-7H,4,8H2,1-3H3. The lowest BCUT2D eigenvalue weighted by atomic mass is 10.0. The van der Waals surface area contributed by atoms with Crippen molar-refractivity contribution in [1.29, 1.82) is 0 Å². The lowest BCUT2D eigenvalue weighted by Gasteiger charge is -2.07. The maximum Gasteiger partial charge on any atom is 0.0715 e. The molecule has 0 radical (unpaired) electrons. The monoisotopic (exact) mass is 164 g/mol. The second-order valence-electron chi connectivity index (χ2n) is 3.06. The molecular weight excluding hydrogens is 148 g/mol. The molecule has 12 heavy (non-hydrogen) atoms. The second kappa shape index (κ2) is 4.27. The van der Waals surface area contributed by atoms with E-state index in [-0.39, 0.29) is 0 Å². The highest BCUT2D eigenvalue weighted by atomic mass is 16.5. The van der Waals surface area contributed by atoms with E-state index in [4.69, 9.17) is 4.74 Å². The van der Waals surface area contributed by atoms with Crippen molar-refractivity contribution in [2.45, 2.75) is 26.9 Å². The van der Waals surface area contributed by atoms with Crippen LogP contribution >= 0.6 is 0 Å². The fourth-order valence-electron chi connectivity index (χ4n) is 1.38. The minimum atomic E-state index is 0.726. The zero-order valence-electron chi connectivity index (χ0n) is 8.05. The van der Waals surface area contributed by atoms with E-state index in [0.29, 0.717) is 0 Å². The Morgan fingerprint density at radius 2 is 2.00 bits per heavy atom. The Morgan fingerprint density at radius 3 is 2.58 bits per heavy atom. The van der Waals surface area contributed by atoms with Gasteiger partial charge in [-0.3, -0.25) is 0 Å². The minimum absolute atomic E-state index is 0.726. The molecule has 1 heteroatoms. The molecule has 0 atom stereocenters. The highest BCUT2D eigenvalue weighted by molar-refractivity contribution is 5.30. The summed E-state index contributed by atoms with van der Waals surface area (Å²) >= 11 is 0.